The standard InChI is InChI=1S/C8H11N3O3.C7H14O7.H3O4P/c1-5(12)11-7(8(13)14)2-6-3-9-4-10-6;8-1-3(10)5(12)7(14)6(13)4(11)2-9;1-5(2,3)4/h3-4,7H,2H2,1H3,(H,9,10)(H,11,12)(H,13,14);3,5-10,12-14H,1-2H2;(H3,1,2,3,4). The lowest BCUT2D eigenvalue weighted by atomic mass is 10.0. The molecule has 12 N–H and O–H groups in total. The third kappa shape index (κ3) is 16.9. The van der Waals surface area contributed by atoms with Crippen molar-refractivity contribution in [2.45, 2.75) is 43.8 Å². The van der Waals surface area contributed by atoms with E-state index in [2.05, 4.69) is 15.3 Å². The number of aromatic amines is 1. The fourth-order valence-corrected chi connectivity index (χ4v) is 1.87. The maximum Gasteiger partial charge on any atom is 0.466 e. The fraction of sp³-hybridized carbons (Fsp3) is 0.600. The summed E-state index contributed by atoms with van der Waals surface area (Å²) in [5.74, 6) is -2.51. The molecule has 1 aromatic heterocycles. The molecule has 0 aromatic carbocycles. The summed E-state index contributed by atoms with van der Waals surface area (Å²) in [5, 5.41) is 63.8. The monoisotopic (exact) mass is 505 g/mol. The molecule has 33 heavy (non-hydrogen) atoms. The molecule has 1 heterocycles. The Kier molecular flexibility index (Phi) is 16.3. The van der Waals surface area contributed by atoms with Gasteiger partial charge in [-0.2, -0.15) is 0 Å². The number of hydrogen-bond donors (Lipinski definition) is 12. The van der Waals surface area contributed by atoms with Crippen molar-refractivity contribution < 1.29 is 69.4 Å². The highest BCUT2D eigenvalue weighted by Crippen LogP contribution is 2.25. The van der Waals surface area contributed by atoms with Crippen molar-refractivity contribution in [1.82, 2.24) is 15.3 Å². The van der Waals surface area contributed by atoms with Crippen LogP contribution in [0.5, 0.6) is 0 Å². The van der Waals surface area contributed by atoms with Crippen LogP contribution in [0.25, 0.3) is 0 Å². The molecular formula is C15H28N3O14P. The first kappa shape index (κ1) is 32.9. The first-order valence-electron chi connectivity index (χ1n) is 8.77. The molecule has 0 spiro atoms. The summed E-state index contributed by atoms with van der Waals surface area (Å²) >= 11 is 0. The molecule has 0 aliphatic rings. The molecule has 0 saturated carbocycles. The van der Waals surface area contributed by atoms with E-state index in [0.29, 0.717) is 5.69 Å². The topological polar surface area (TPSA) is 311 Å². The Hall–Kier alpha value is -2.31. The lowest BCUT2D eigenvalue weighted by molar-refractivity contribution is -0.149. The average molecular weight is 505 g/mol. The van der Waals surface area contributed by atoms with Gasteiger partial charge < -0.3 is 60.7 Å². The highest BCUT2D eigenvalue weighted by atomic mass is 31.2. The number of nitrogens with zero attached hydrogens (tertiary/aromatic N) is 1. The first-order valence-corrected chi connectivity index (χ1v) is 10.3. The Morgan fingerprint density at radius 3 is 1.94 bits per heavy atom. The van der Waals surface area contributed by atoms with Crippen molar-refractivity contribution in [1.29, 1.82) is 0 Å². The van der Waals surface area contributed by atoms with Gasteiger partial charge in [0.1, 0.15) is 37.1 Å². The number of ketones is 1. The number of aliphatic hydroxyl groups excluding tert-OH is 6. The Morgan fingerprint density at radius 2 is 1.61 bits per heavy atom. The van der Waals surface area contributed by atoms with Gasteiger partial charge in [0, 0.05) is 25.2 Å². The second kappa shape index (κ2) is 16.3. The van der Waals surface area contributed by atoms with Gasteiger partial charge in [-0.3, -0.25) is 9.59 Å². The van der Waals surface area contributed by atoms with Gasteiger partial charge in [-0.25, -0.2) is 14.3 Å². The lowest BCUT2D eigenvalue weighted by Gasteiger charge is -2.24. The van der Waals surface area contributed by atoms with E-state index in [1.807, 2.05) is 0 Å². The summed E-state index contributed by atoms with van der Waals surface area (Å²) in [7, 11) is -4.64. The van der Waals surface area contributed by atoms with Crippen LogP contribution in [-0.4, -0.2) is 122 Å². The van der Waals surface area contributed by atoms with Crippen LogP contribution < -0.4 is 5.32 Å². The minimum Gasteiger partial charge on any atom is -0.480 e. The second-order valence-electron chi connectivity index (χ2n) is 6.19. The molecule has 192 valence electrons. The normalized spacial score (nSPS) is 15.3. The summed E-state index contributed by atoms with van der Waals surface area (Å²) < 4.78 is 8.88. The summed E-state index contributed by atoms with van der Waals surface area (Å²) in [4.78, 5) is 60.1. The summed E-state index contributed by atoms with van der Waals surface area (Å²) in [6.45, 7) is -0.526. The number of nitrogens with one attached hydrogen (secondary N) is 2. The highest BCUT2D eigenvalue weighted by Gasteiger charge is 2.33. The van der Waals surface area contributed by atoms with Crippen molar-refractivity contribution >= 4 is 25.5 Å². The zero-order valence-corrected chi connectivity index (χ0v) is 18.1. The zero-order chi connectivity index (χ0) is 26.4. The number of aliphatic hydroxyl groups is 6. The van der Waals surface area contributed by atoms with Gasteiger partial charge in [0.2, 0.25) is 5.91 Å². The summed E-state index contributed by atoms with van der Waals surface area (Å²) in [6, 6.07) is -0.909. The van der Waals surface area contributed by atoms with Crippen molar-refractivity contribution in [2.75, 3.05) is 13.2 Å². The number of Topliss-reactive ketones (excluding diaryl/α,β-unsaturated/α-hetero) is 1. The van der Waals surface area contributed by atoms with Crippen molar-refractivity contribution in [3.63, 3.8) is 0 Å². The van der Waals surface area contributed by atoms with Gasteiger partial charge in [-0.1, -0.05) is 0 Å². The molecule has 0 fully saturated rings. The molecule has 17 nitrogen and oxygen atoms in total. The van der Waals surface area contributed by atoms with Crippen molar-refractivity contribution in [3.05, 3.63) is 18.2 Å². The van der Waals surface area contributed by atoms with Gasteiger partial charge in [0.15, 0.2) is 5.78 Å². The number of phosphoric acid groups is 1. The van der Waals surface area contributed by atoms with Crippen LogP contribution in [0, 0.1) is 0 Å². The molecule has 18 heteroatoms. The number of carboxylic acid groups (broad SMARTS) is 1. The molecule has 0 aliphatic carbocycles. The smallest absolute Gasteiger partial charge is 0.466 e. The van der Waals surface area contributed by atoms with Crippen LogP contribution in [0.15, 0.2) is 12.5 Å². The highest BCUT2D eigenvalue weighted by molar-refractivity contribution is 7.45. The maximum absolute atomic E-state index is 10.7. The zero-order valence-electron chi connectivity index (χ0n) is 17.2. The Balaban J connectivity index is 0. The second-order valence-corrected chi connectivity index (χ2v) is 7.21. The van der Waals surface area contributed by atoms with Crippen LogP contribution in [0.3, 0.4) is 0 Å². The number of aliphatic carboxylic acids is 1. The Labute approximate surface area is 186 Å². The molecular weight excluding hydrogens is 477 g/mol. The van der Waals surface area contributed by atoms with Gasteiger partial charge >= 0.3 is 13.8 Å². The van der Waals surface area contributed by atoms with Gasteiger partial charge in [0.25, 0.3) is 0 Å². The van der Waals surface area contributed by atoms with E-state index in [0.717, 1.165) is 0 Å². The van der Waals surface area contributed by atoms with Gasteiger partial charge in [-0.05, 0) is 0 Å². The van der Waals surface area contributed by atoms with E-state index in [9.17, 15) is 14.4 Å². The molecule has 0 radical (unpaired) electrons. The molecule has 1 rings (SSSR count). The minimum atomic E-state index is -4.64. The van der Waals surface area contributed by atoms with Crippen LogP contribution in [0.1, 0.15) is 12.6 Å². The number of amides is 1. The molecule has 0 bridgehead atoms. The third-order valence-corrected chi connectivity index (χ3v) is 3.39. The summed E-state index contributed by atoms with van der Waals surface area (Å²) in [5.41, 5.74) is 0.672. The molecule has 5 atom stereocenters. The number of aromatic nitrogens is 2. The van der Waals surface area contributed by atoms with Crippen LogP contribution in [0.2, 0.25) is 0 Å². The molecule has 0 saturated heterocycles. The quantitative estimate of drug-likeness (QED) is 0.132. The van der Waals surface area contributed by atoms with E-state index in [1.165, 1.54) is 19.4 Å². The number of rotatable bonds is 10. The maximum atomic E-state index is 10.7. The van der Waals surface area contributed by atoms with E-state index < -0.39 is 63.2 Å². The predicted octanol–water partition coefficient (Wildman–Crippen LogP) is -5.40. The number of imidazole rings is 1. The number of H-pyrrole nitrogens is 1. The van der Waals surface area contributed by atoms with Crippen molar-refractivity contribution in [3.8, 4) is 0 Å². The van der Waals surface area contributed by atoms with E-state index >= 15 is 0 Å². The molecule has 5 unspecified atom stereocenters. The minimum absolute atomic E-state index is 0.203. The third-order valence-electron chi connectivity index (χ3n) is 3.39. The van der Waals surface area contributed by atoms with E-state index in [1.54, 1.807) is 0 Å². The van der Waals surface area contributed by atoms with Crippen LogP contribution in [-0.2, 0) is 25.4 Å². The first-order chi connectivity index (χ1) is 15.0. The number of carbonyl (C=O) groups excluding carboxylic acids is 2. The predicted molar refractivity (Wildman–Crippen MR) is 105 cm³/mol. The number of carboxylic acids is 1. The van der Waals surface area contributed by atoms with Gasteiger partial charge in [-0.15, -0.1) is 0 Å². The van der Waals surface area contributed by atoms with Crippen LogP contribution >= 0.6 is 7.82 Å². The largest absolute Gasteiger partial charge is 0.480 e. The van der Waals surface area contributed by atoms with Crippen molar-refractivity contribution in [2.24, 2.45) is 0 Å². The number of hydrogen-bond acceptors (Lipinski definition) is 11. The Morgan fingerprint density at radius 1 is 1.09 bits per heavy atom. The summed E-state index contributed by atoms with van der Waals surface area (Å²) in [6.07, 6.45) is -4.26. The SMILES string of the molecule is CC(=O)NC(Cc1cnc[nH]1)C(=O)O.O=C(CO)C(O)C(O)C(O)C(O)CO.O=P(O)(O)O. The molecule has 1 aromatic rings. The van der Waals surface area contributed by atoms with Crippen LogP contribution in [0.4, 0.5) is 0 Å². The fourth-order valence-electron chi connectivity index (χ4n) is 1.87. The molecule has 1 amide bonds. The van der Waals surface area contributed by atoms with Gasteiger partial charge in [0.05, 0.1) is 12.9 Å². The number of carbonyl (C=O) groups is 3. The van der Waals surface area contributed by atoms with E-state index in [4.69, 9.17) is 55.0 Å². The molecule has 0 aliphatic heterocycles. The lowest BCUT2D eigenvalue weighted by Crippen LogP contribution is -2.49. The average Bonchev–Trinajstić information content (AvgIpc) is 3.22. The van der Waals surface area contributed by atoms with E-state index in [-0.39, 0.29) is 12.3 Å². The Bertz CT molecular complexity index is 747.